The topological polar surface area (TPSA) is 136 Å². The summed E-state index contributed by atoms with van der Waals surface area (Å²) in [5, 5.41) is 36.9. The summed E-state index contributed by atoms with van der Waals surface area (Å²) in [4.78, 5) is 37.5. The highest BCUT2D eigenvalue weighted by Gasteiger charge is 2.69. The number of allylic oxidation sites excluding steroid dienone is 2. The van der Waals surface area contributed by atoms with Crippen LogP contribution in [0.15, 0.2) is 11.6 Å². The molecule has 0 radical (unpaired) electrons. The van der Waals surface area contributed by atoms with E-state index in [1.165, 1.54) is 12.5 Å². The van der Waals surface area contributed by atoms with Crippen molar-refractivity contribution in [1.29, 1.82) is 0 Å². The zero-order valence-corrected chi connectivity index (χ0v) is 29.1. The highest BCUT2D eigenvalue weighted by atomic mass is 16.4. The van der Waals surface area contributed by atoms with Crippen LogP contribution in [0.3, 0.4) is 0 Å². The van der Waals surface area contributed by atoms with Crippen molar-refractivity contribution in [3.8, 4) is 0 Å². The van der Waals surface area contributed by atoms with Gasteiger partial charge in [-0.1, -0.05) is 60.1 Å². The normalized spacial score (nSPS) is 43.7. The van der Waals surface area contributed by atoms with Crippen LogP contribution in [0.25, 0.3) is 0 Å². The van der Waals surface area contributed by atoms with Crippen LogP contribution in [0.2, 0.25) is 0 Å². The van der Waals surface area contributed by atoms with Crippen molar-refractivity contribution in [2.75, 3.05) is 6.54 Å². The van der Waals surface area contributed by atoms with E-state index in [0.29, 0.717) is 31.2 Å². The molecule has 0 bridgehead atoms. The van der Waals surface area contributed by atoms with Crippen molar-refractivity contribution in [3.05, 3.63) is 11.6 Å². The van der Waals surface area contributed by atoms with Gasteiger partial charge < -0.3 is 26.0 Å². The molecule has 5 aliphatic carbocycles. The van der Waals surface area contributed by atoms with E-state index in [9.17, 15) is 24.6 Å². The van der Waals surface area contributed by atoms with Gasteiger partial charge in [0.1, 0.15) is 6.04 Å². The highest BCUT2D eigenvalue weighted by Crippen LogP contribution is 2.75. The van der Waals surface area contributed by atoms with Crippen molar-refractivity contribution in [3.63, 3.8) is 0 Å². The zero-order valence-electron chi connectivity index (χ0n) is 29.1. The Hall–Kier alpha value is -1.93. The van der Waals surface area contributed by atoms with Crippen LogP contribution in [0.4, 0.5) is 0 Å². The summed E-state index contributed by atoms with van der Waals surface area (Å²) >= 11 is 0. The Morgan fingerprint density at radius 1 is 0.933 bits per heavy atom. The molecule has 0 saturated heterocycles. The molecule has 0 heterocycles. The SMILES string of the molecule is C[C@H](NC(=O)CCCNC(=O)[C@]12CCC(C)(C)C[C@H]1C1=CC[C@@H]3[C@@]4(C)C[C@@H](O)[C@H](O)C(C)(C)[C@@H]4CC[C@@]3(C)[C@]1(C)CC2)C(=O)O. The van der Waals surface area contributed by atoms with Crippen LogP contribution in [0.5, 0.6) is 0 Å². The maximum absolute atomic E-state index is 14.2. The van der Waals surface area contributed by atoms with Gasteiger partial charge in [-0.15, -0.1) is 0 Å². The van der Waals surface area contributed by atoms with E-state index in [2.05, 4.69) is 65.2 Å². The minimum atomic E-state index is -1.07. The number of aliphatic hydroxyl groups is 2. The molecule has 4 fully saturated rings. The van der Waals surface area contributed by atoms with Gasteiger partial charge in [0.25, 0.3) is 0 Å². The second-order valence-electron chi connectivity index (χ2n) is 17.9. The second-order valence-corrected chi connectivity index (χ2v) is 17.9. The number of carbonyl (C=O) groups excluding carboxylic acids is 2. The molecule has 5 rings (SSSR count). The number of carboxylic acids is 1. The third kappa shape index (κ3) is 5.28. The molecule has 8 nitrogen and oxygen atoms in total. The number of nitrogens with one attached hydrogen (secondary N) is 2. The number of aliphatic carboxylic acids is 1. The Morgan fingerprint density at radius 3 is 2.27 bits per heavy atom. The van der Waals surface area contributed by atoms with Gasteiger partial charge in [0.05, 0.1) is 17.6 Å². The largest absolute Gasteiger partial charge is 0.480 e. The first-order chi connectivity index (χ1) is 20.7. The first-order valence-electron chi connectivity index (χ1n) is 17.6. The minimum Gasteiger partial charge on any atom is -0.480 e. The zero-order chi connectivity index (χ0) is 33.4. The lowest BCUT2D eigenvalue weighted by Crippen LogP contribution is -2.67. The number of amides is 2. The van der Waals surface area contributed by atoms with Gasteiger partial charge >= 0.3 is 5.97 Å². The molecule has 8 heteroatoms. The van der Waals surface area contributed by atoms with Crippen LogP contribution in [-0.4, -0.2) is 57.9 Å². The Morgan fingerprint density at radius 2 is 1.60 bits per heavy atom. The first-order valence-corrected chi connectivity index (χ1v) is 17.6. The molecule has 2 amide bonds. The Bertz CT molecular complexity index is 1240. The van der Waals surface area contributed by atoms with Crippen LogP contribution >= 0.6 is 0 Å². The number of carbonyl (C=O) groups is 3. The van der Waals surface area contributed by atoms with E-state index in [0.717, 1.165) is 51.4 Å². The molecule has 5 aliphatic rings. The summed E-state index contributed by atoms with van der Waals surface area (Å²) in [7, 11) is 0. The van der Waals surface area contributed by atoms with E-state index in [1.54, 1.807) is 0 Å². The van der Waals surface area contributed by atoms with Crippen molar-refractivity contribution in [2.45, 2.75) is 144 Å². The molecule has 10 atom stereocenters. The number of carboxylic acid groups (broad SMARTS) is 1. The third-order valence-corrected chi connectivity index (χ3v) is 14.6. The second kappa shape index (κ2) is 11.4. The fraction of sp³-hybridized carbons (Fsp3) is 0.865. The van der Waals surface area contributed by atoms with Crippen molar-refractivity contribution < 1.29 is 29.7 Å². The molecule has 0 spiro atoms. The molecule has 254 valence electrons. The molecule has 0 unspecified atom stereocenters. The third-order valence-electron chi connectivity index (χ3n) is 14.6. The van der Waals surface area contributed by atoms with Crippen LogP contribution < -0.4 is 10.6 Å². The van der Waals surface area contributed by atoms with Gasteiger partial charge in [0, 0.05) is 13.0 Å². The molecule has 45 heavy (non-hydrogen) atoms. The van der Waals surface area contributed by atoms with Crippen molar-refractivity contribution in [2.24, 2.45) is 50.2 Å². The summed E-state index contributed by atoms with van der Waals surface area (Å²) in [6, 6.07) is -0.932. The van der Waals surface area contributed by atoms with Gasteiger partial charge in [0.15, 0.2) is 0 Å². The lowest BCUT2D eigenvalue weighted by Gasteiger charge is -2.71. The maximum Gasteiger partial charge on any atom is 0.325 e. The Kier molecular flexibility index (Phi) is 8.68. The molecule has 5 N–H and O–H groups in total. The van der Waals surface area contributed by atoms with E-state index < -0.39 is 29.6 Å². The standard InChI is InChI=1S/C37H60N2O6/c1-22(30(43)44)39-28(41)10-9-19-38-31(45)37-17-15-32(2,3)20-24(37)23-11-12-27-34(6)21-25(40)29(42)33(4,5)26(34)13-14-36(27,8)35(23,7)16-18-37/h11,22,24-27,29,40,42H,9-10,12-21H2,1-8H3,(H,38,45)(H,39,41)(H,43,44)/t22-,24-,25+,26-,27+,29-,34-,35+,36+,37-/m0/s1. The predicted octanol–water partition coefficient (Wildman–Crippen LogP) is 5.61. The van der Waals surface area contributed by atoms with Crippen molar-refractivity contribution >= 4 is 17.8 Å². The molecule has 0 aromatic carbocycles. The Balaban J connectivity index is 1.40. The van der Waals surface area contributed by atoms with Crippen LogP contribution in [0, 0.1) is 50.2 Å². The molecule has 0 aromatic rings. The van der Waals surface area contributed by atoms with Gasteiger partial charge in [-0.3, -0.25) is 14.4 Å². The average molecular weight is 629 g/mol. The summed E-state index contributed by atoms with van der Waals surface area (Å²) in [6.45, 7) is 18.2. The molecule has 0 aromatic heterocycles. The van der Waals surface area contributed by atoms with Crippen LogP contribution in [-0.2, 0) is 14.4 Å². The summed E-state index contributed by atoms with van der Waals surface area (Å²) in [6.07, 6.45) is 10.1. The lowest BCUT2D eigenvalue weighted by molar-refractivity contribution is -0.231. The molecular formula is C37H60N2O6. The summed E-state index contributed by atoms with van der Waals surface area (Å²) in [5.41, 5.74) is 0.726. The smallest absolute Gasteiger partial charge is 0.325 e. The number of hydrogen-bond acceptors (Lipinski definition) is 5. The lowest BCUT2D eigenvalue weighted by atomic mass is 9.33. The van der Waals surface area contributed by atoms with Crippen molar-refractivity contribution in [1.82, 2.24) is 10.6 Å². The average Bonchev–Trinajstić information content (AvgIpc) is 2.94. The van der Waals surface area contributed by atoms with Gasteiger partial charge in [-0.05, 0) is 116 Å². The van der Waals surface area contributed by atoms with Gasteiger partial charge in [-0.2, -0.15) is 0 Å². The fourth-order valence-corrected chi connectivity index (χ4v) is 11.8. The molecular weight excluding hydrogens is 568 g/mol. The van der Waals surface area contributed by atoms with E-state index in [-0.39, 0.29) is 51.2 Å². The fourth-order valence-electron chi connectivity index (χ4n) is 11.8. The monoisotopic (exact) mass is 628 g/mol. The Labute approximate surface area is 270 Å². The number of aliphatic hydroxyl groups excluding tert-OH is 2. The quantitative estimate of drug-likeness (QED) is 0.184. The van der Waals surface area contributed by atoms with Gasteiger partial charge in [0.2, 0.25) is 11.8 Å². The predicted molar refractivity (Wildman–Crippen MR) is 174 cm³/mol. The van der Waals surface area contributed by atoms with Gasteiger partial charge in [-0.25, -0.2) is 0 Å². The number of rotatable bonds is 7. The highest BCUT2D eigenvalue weighted by molar-refractivity contribution is 5.85. The number of hydrogen-bond donors (Lipinski definition) is 5. The summed E-state index contributed by atoms with van der Waals surface area (Å²) in [5.74, 6) is -0.365. The summed E-state index contributed by atoms with van der Waals surface area (Å²) < 4.78 is 0. The van der Waals surface area contributed by atoms with E-state index in [1.807, 2.05) is 0 Å². The maximum atomic E-state index is 14.2. The minimum absolute atomic E-state index is 0.0328. The van der Waals surface area contributed by atoms with Crippen LogP contribution in [0.1, 0.15) is 126 Å². The van der Waals surface area contributed by atoms with E-state index in [4.69, 9.17) is 5.11 Å². The van der Waals surface area contributed by atoms with E-state index >= 15 is 0 Å². The number of fused-ring (bicyclic) bond motifs is 7. The molecule has 0 aliphatic heterocycles. The molecule has 4 saturated carbocycles. The first kappa shape index (κ1) is 34.4.